The van der Waals surface area contributed by atoms with Crippen LogP contribution in [0.15, 0.2) is 18.2 Å². The van der Waals surface area contributed by atoms with E-state index in [-0.39, 0.29) is 15.7 Å². The minimum atomic E-state index is -1.07. The molecule has 5 heteroatoms. The largest absolute Gasteiger partial charge is 0.478 e. The summed E-state index contributed by atoms with van der Waals surface area (Å²) < 4.78 is 0. The number of rotatable bonds is 3. The van der Waals surface area contributed by atoms with Gasteiger partial charge in [0.2, 0.25) is 0 Å². The minimum absolute atomic E-state index is 0.0431. The van der Waals surface area contributed by atoms with Crippen LogP contribution in [0.5, 0.6) is 0 Å². The molecule has 0 bridgehead atoms. The summed E-state index contributed by atoms with van der Waals surface area (Å²) in [5.41, 5.74) is 0.533. The maximum absolute atomic E-state index is 10.9. The smallest absolute Gasteiger partial charge is 0.337 e. The van der Waals surface area contributed by atoms with Crippen molar-refractivity contribution in [2.75, 3.05) is 5.75 Å². The fourth-order valence-electron chi connectivity index (χ4n) is 1.20. The van der Waals surface area contributed by atoms with Crippen molar-refractivity contribution in [1.82, 2.24) is 0 Å². The SMILES string of the molecule is CC(=O)SCCC#Cc1cccc(C(=O)O)c1Cl. The van der Waals surface area contributed by atoms with Crippen LogP contribution < -0.4 is 0 Å². The second-order valence-corrected chi connectivity index (χ2v) is 5.01. The van der Waals surface area contributed by atoms with E-state index in [1.165, 1.54) is 24.8 Å². The lowest BCUT2D eigenvalue weighted by atomic mass is 10.1. The average molecular weight is 283 g/mol. The summed E-state index contributed by atoms with van der Waals surface area (Å²) in [6, 6.07) is 4.70. The van der Waals surface area contributed by atoms with E-state index in [2.05, 4.69) is 11.8 Å². The van der Waals surface area contributed by atoms with Crippen molar-refractivity contribution in [2.45, 2.75) is 13.3 Å². The highest BCUT2D eigenvalue weighted by molar-refractivity contribution is 8.13. The molecule has 0 aliphatic heterocycles. The third kappa shape index (κ3) is 4.44. The normalized spacial score (nSPS) is 9.44. The van der Waals surface area contributed by atoms with E-state index in [0.29, 0.717) is 17.7 Å². The molecule has 0 atom stereocenters. The van der Waals surface area contributed by atoms with Crippen molar-refractivity contribution >= 4 is 34.4 Å². The molecule has 0 amide bonds. The summed E-state index contributed by atoms with van der Waals surface area (Å²) >= 11 is 7.13. The molecule has 0 aromatic heterocycles. The predicted molar refractivity (Wildman–Crippen MR) is 73.0 cm³/mol. The van der Waals surface area contributed by atoms with E-state index >= 15 is 0 Å². The maximum atomic E-state index is 10.9. The summed E-state index contributed by atoms with van der Waals surface area (Å²) in [6.45, 7) is 1.51. The lowest BCUT2D eigenvalue weighted by molar-refractivity contribution is -0.109. The van der Waals surface area contributed by atoms with Crippen LogP contribution in [0, 0.1) is 11.8 Å². The Hall–Kier alpha value is -1.44. The molecule has 1 aromatic carbocycles. The summed E-state index contributed by atoms with van der Waals surface area (Å²) in [5.74, 6) is 5.23. The summed E-state index contributed by atoms with van der Waals surface area (Å²) in [4.78, 5) is 21.5. The van der Waals surface area contributed by atoms with Crippen LogP contribution in [0.1, 0.15) is 29.3 Å². The number of carboxylic acids is 1. The van der Waals surface area contributed by atoms with Gasteiger partial charge in [0, 0.05) is 24.7 Å². The number of hydrogen-bond donors (Lipinski definition) is 1. The van der Waals surface area contributed by atoms with Crippen molar-refractivity contribution in [3.63, 3.8) is 0 Å². The topological polar surface area (TPSA) is 54.4 Å². The number of halogens is 1. The molecule has 0 saturated carbocycles. The molecule has 0 aliphatic rings. The zero-order valence-corrected chi connectivity index (χ0v) is 11.3. The highest BCUT2D eigenvalue weighted by Gasteiger charge is 2.10. The molecule has 0 fully saturated rings. The Morgan fingerprint density at radius 2 is 2.17 bits per heavy atom. The first-order valence-corrected chi connectivity index (χ1v) is 6.52. The van der Waals surface area contributed by atoms with E-state index in [0.717, 1.165) is 0 Å². The molecule has 0 saturated heterocycles. The number of hydrogen-bond acceptors (Lipinski definition) is 3. The van der Waals surface area contributed by atoms with Crippen LogP contribution in [0.4, 0.5) is 0 Å². The molecule has 0 spiro atoms. The monoisotopic (exact) mass is 282 g/mol. The number of carbonyl (C=O) groups is 2. The number of carbonyl (C=O) groups excluding carboxylic acids is 1. The lowest BCUT2D eigenvalue weighted by Crippen LogP contribution is -1.98. The van der Waals surface area contributed by atoms with Crippen LogP contribution in [0.25, 0.3) is 0 Å². The second kappa shape index (κ2) is 7.10. The Balaban J connectivity index is 2.74. The van der Waals surface area contributed by atoms with Gasteiger partial charge in [0.1, 0.15) is 0 Å². The highest BCUT2D eigenvalue weighted by Crippen LogP contribution is 2.20. The molecule has 3 nitrogen and oxygen atoms in total. The zero-order valence-electron chi connectivity index (χ0n) is 9.70. The van der Waals surface area contributed by atoms with Gasteiger partial charge in [0.05, 0.1) is 10.6 Å². The van der Waals surface area contributed by atoms with Crippen molar-refractivity contribution in [2.24, 2.45) is 0 Å². The van der Waals surface area contributed by atoms with Gasteiger partial charge in [0.15, 0.2) is 5.12 Å². The van der Waals surface area contributed by atoms with Crippen LogP contribution >= 0.6 is 23.4 Å². The van der Waals surface area contributed by atoms with E-state index in [1.54, 1.807) is 12.1 Å². The second-order valence-electron chi connectivity index (χ2n) is 3.36. The molecule has 1 N–H and O–H groups in total. The van der Waals surface area contributed by atoms with Crippen LogP contribution in [-0.4, -0.2) is 21.9 Å². The molecule has 1 aromatic rings. The molecule has 0 radical (unpaired) electrons. The Kier molecular flexibility index (Phi) is 5.76. The lowest BCUT2D eigenvalue weighted by Gasteiger charge is -2.00. The van der Waals surface area contributed by atoms with Gasteiger partial charge in [-0.2, -0.15) is 0 Å². The van der Waals surface area contributed by atoms with Gasteiger partial charge in [0.25, 0.3) is 0 Å². The van der Waals surface area contributed by atoms with Crippen LogP contribution in [0.3, 0.4) is 0 Å². The summed E-state index contributed by atoms with van der Waals surface area (Å²) in [5, 5.41) is 9.10. The standard InChI is InChI=1S/C13H11ClO3S/c1-9(15)18-8-3-2-5-10-6-4-7-11(12(10)14)13(16)17/h4,6-7H,3,8H2,1H3,(H,16,17). The van der Waals surface area contributed by atoms with Gasteiger partial charge in [-0.3, -0.25) is 4.79 Å². The molecular weight excluding hydrogens is 272 g/mol. The third-order valence-corrected chi connectivity index (χ3v) is 3.21. The van der Waals surface area contributed by atoms with E-state index in [9.17, 15) is 9.59 Å². The molecule has 1 rings (SSSR count). The molecule has 18 heavy (non-hydrogen) atoms. The predicted octanol–water partition coefficient (Wildman–Crippen LogP) is 3.06. The van der Waals surface area contributed by atoms with Gasteiger partial charge in [-0.1, -0.05) is 41.3 Å². The van der Waals surface area contributed by atoms with Crippen molar-refractivity contribution < 1.29 is 14.7 Å². The van der Waals surface area contributed by atoms with Gasteiger partial charge in [-0.15, -0.1) is 0 Å². The van der Waals surface area contributed by atoms with Gasteiger partial charge in [-0.05, 0) is 12.1 Å². The van der Waals surface area contributed by atoms with Crippen molar-refractivity contribution in [3.05, 3.63) is 34.3 Å². The Morgan fingerprint density at radius 3 is 2.78 bits per heavy atom. The van der Waals surface area contributed by atoms with E-state index in [4.69, 9.17) is 16.7 Å². The van der Waals surface area contributed by atoms with Gasteiger partial charge < -0.3 is 5.11 Å². The minimum Gasteiger partial charge on any atom is -0.478 e. The van der Waals surface area contributed by atoms with Crippen LogP contribution in [-0.2, 0) is 4.79 Å². The first-order chi connectivity index (χ1) is 8.52. The van der Waals surface area contributed by atoms with Gasteiger partial charge >= 0.3 is 5.97 Å². The average Bonchev–Trinajstić information content (AvgIpc) is 2.30. The number of carboxylic acid groups (broad SMARTS) is 1. The van der Waals surface area contributed by atoms with Gasteiger partial charge in [-0.25, -0.2) is 4.79 Å². The Labute approximate surface area is 115 Å². The fourth-order valence-corrected chi connectivity index (χ4v) is 1.94. The molecule has 94 valence electrons. The molecule has 0 aliphatic carbocycles. The third-order valence-electron chi connectivity index (χ3n) is 1.98. The van der Waals surface area contributed by atoms with Crippen molar-refractivity contribution in [3.8, 4) is 11.8 Å². The Morgan fingerprint density at radius 1 is 1.44 bits per heavy atom. The fraction of sp³-hybridized carbons (Fsp3) is 0.231. The van der Waals surface area contributed by atoms with Crippen LogP contribution in [0.2, 0.25) is 5.02 Å². The first-order valence-electron chi connectivity index (χ1n) is 5.16. The van der Waals surface area contributed by atoms with E-state index < -0.39 is 5.97 Å². The quantitative estimate of drug-likeness (QED) is 0.684. The molecule has 0 unspecified atom stereocenters. The Bertz CT molecular complexity index is 529. The van der Waals surface area contributed by atoms with E-state index in [1.807, 2.05) is 0 Å². The molecular formula is C13H11ClO3S. The highest BCUT2D eigenvalue weighted by atomic mass is 35.5. The first kappa shape index (κ1) is 14.6. The summed E-state index contributed by atoms with van der Waals surface area (Å²) in [6.07, 6.45) is 0.553. The number of aromatic carboxylic acids is 1. The number of benzene rings is 1. The zero-order chi connectivity index (χ0) is 13.5. The molecule has 0 heterocycles. The number of thioether (sulfide) groups is 1. The summed E-state index contributed by atoms with van der Waals surface area (Å²) in [7, 11) is 0. The maximum Gasteiger partial charge on any atom is 0.337 e. The van der Waals surface area contributed by atoms with Crippen molar-refractivity contribution in [1.29, 1.82) is 0 Å².